The fourth-order valence-corrected chi connectivity index (χ4v) is 3.19. The van der Waals surface area contributed by atoms with Gasteiger partial charge in [-0.25, -0.2) is 17.6 Å². The maximum Gasteiger partial charge on any atom is 0.337 e. The number of hydrogen-bond acceptors (Lipinski definition) is 3. The van der Waals surface area contributed by atoms with Crippen molar-refractivity contribution in [2.45, 2.75) is 31.2 Å². The molecule has 8 heteroatoms. The summed E-state index contributed by atoms with van der Waals surface area (Å²) in [5, 5.41) is 8.31. The lowest BCUT2D eigenvalue weighted by atomic mass is 10.2. The Morgan fingerprint density at radius 3 is 2.50 bits per heavy atom. The van der Waals surface area contributed by atoms with Gasteiger partial charge in [-0.05, 0) is 25.5 Å². The summed E-state index contributed by atoms with van der Waals surface area (Å²) in [6.07, 6.45) is 0.567. The van der Waals surface area contributed by atoms with E-state index >= 15 is 0 Å². The standard InChI is InChI=1S/C12H15ClFNO4S/c1-4-7(2)15(3)20(18,19)8-5-9(12(16)17)11(13)10(14)6-8/h5-7H,4H2,1-3H3,(H,16,17). The molecule has 0 bridgehead atoms. The molecule has 5 nitrogen and oxygen atoms in total. The van der Waals surface area contributed by atoms with Crippen LogP contribution in [0.15, 0.2) is 17.0 Å². The van der Waals surface area contributed by atoms with Crippen LogP contribution >= 0.6 is 11.6 Å². The molecule has 0 aliphatic heterocycles. The Labute approximate surface area is 122 Å². The highest BCUT2D eigenvalue weighted by molar-refractivity contribution is 7.89. The van der Waals surface area contributed by atoms with Gasteiger partial charge in [-0.1, -0.05) is 18.5 Å². The van der Waals surface area contributed by atoms with Gasteiger partial charge in [0.2, 0.25) is 10.0 Å². The summed E-state index contributed by atoms with van der Waals surface area (Å²) in [6, 6.07) is 1.29. The second-order valence-electron chi connectivity index (χ2n) is 4.35. The molecule has 0 aliphatic rings. The van der Waals surface area contributed by atoms with Gasteiger partial charge >= 0.3 is 5.97 Å². The van der Waals surface area contributed by atoms with Gasteiger partial charge in [0.1, 0.15) is 5.82 Å². The molecule has 0 saturated carbocycles. The number of hydrogen-bond donors (Lipinski definition) is 1. The number of sulfonamides is 1. The van der Waals surface area contributed by atoms with Gasteiger partial charge in [-0.2, -0.15) is 4.31 Å². The lowest BCUT2D eigenvalue weighted by Gasteiger charge is -2.23. The number of carboxylic acids is 1. The minimum Gasteiger partial charge on any atom is -0.478 e. The Kier molecular flexibility index (Phi) is 5.12. The van der Waals surface area contributed by atoms with Crippen molar-refractivity contribution in [1.82, 2.24) is 4.31 Å². The lowest BCUT2D eigenvalue weighted by Crippen LogP contribution is -2.34. The van der Waals surface area contributed by atoms with Crippen LogP contribution < -0.4 is 0 Å². The number of nitrogens with zero attached hydrogens (tertiary/aromatic N) is 1. The maximum absolute atomic E-state index is 13.6. The molecule has 1 unspecified atom stereocenters. The number of benzene rings is 1. The topological polar surface area (TPSA) is 74.7 Å². The zero-order chi connectivity index (χ0) is 15.7. The second kappa shape index (κ2) is 6.07. The van der Waals surface area contributed by atoms with Crippen molar-refractivity contribution in [3.63, 3.8) is 0 Å². The van der Waals surface area contributed by atoms with Gasteiger partial charge in [0.15, 0.2) is 0 Å². The maximum atomic E-state index is 13.6. The summed E-state index contributed by atoms with van der Waals surface area (Å²) in [6.45, 7) is 3.50. The quantitative estimate of drug-likeness (QED) is 0.903. The largest absolute Gasteiger partial charge is 0.478 e. The molecule has 0 heterocycles. The molecule has 0 aliphatic carbocycles. The van der Waals surface area contributed by atoms with Crippen molar-refractivity contribution in [2.75, 3.05) is 7.05 Å². The Hall–Kier alpha value is -1.18. The average Bonchev–Trinajstić information content (AvgIpc) is 2.39. The van der Waals surface area contributed by atoms with Crippen molar-refractivity contribution in [2.24, 2.45) is 0 Å². The van der Waals surface area contributed by atoms with Crippen LogP contribution in [-0.4, -0.2) is 36.9 Å². The normalized spacial score (nSPS) is 13.5. The molecule has 1 aromatic carbocycles. The Morgan fingerprint density at radius 1 is 1.50 bits per heavy atom. The van der Waals surface area contributed by atoms with Crippen molar-refractivity contribution < 1.29 is 22.7 Å². The SMILES string of the molecule is CCC(C)N(C)S(=O)(=O)c1cc(F)c(Cl)c(C(=O)O)c1. The van der Waals surface area contributed by atoms with Crippen LogP contribution in [0.1, 0.15) is 30.6 Å². The third kappa shape index (κ3) is 3.11. The first kappa shape index (κ1) is 16.9. The molecule has 1 atom stereocenters. The minimum absolute atomic E-state index is 0.299. The molecule has 112 valence electrons. The highest BCUT2D eigenvalue weighted by atomic mass is 35.5. The number of aromatic carboxylic acids is 1. The summed E-state index contributed by atoms with van der Waals surface area (Å²) in [5.74, 6) is -2.57. The molecule has 0 saturated heterocycles. The zero-order valence-electron chi connectivity index (χ0n) is 11.2. The number of carbonyl (C=O) groups is 1. The first-order valence-electron chi connectivity index (χ1n) is 5.83. The van der Waals surface area contributed by atoms with Crippen LogP contribution in [0.3, 0.4) is 0 Å². The van der Waals surface area contributed by atoms with E-state index in [2.05, 4.69) is 0 Å². The Bertz CT molecular complexity index is 633. The van der Waals surface area contributed by atoms with Crippen molar-refractivity contribution >= 4 is 27.6 Å². The van der Waals surface area contributed by atoms with Crippen LogP contribution in [0.4, 0.5) is 4.39 Å². The van der Waals surface area contributed by atoms with E-state index in [0.29, 0.717) is 6.42 Å². The summed E-state index contributed by atoms with van der Waals surface area (Å²) >= 11 is 5.52. The van der Waals surface area contributed by atoms with Gasteiger partial charge in [0.25, 0.3) is 0 Å². The van der Waals surface area contributed by atoms with Crippen LogP contribution in [0.2, 0.25) is 5.02 Å². The first-order valence-corrected chi connectivity index (χ1v) is 7.65. The third-order valence-corrected chi connectivity index (χ3v) is 5.45. The van der Waals surface area contributed by atoms with Crippen LogP contribution in [-0.2, 0) is 10.0 Å². The molecule has 0 aromatic heterocycles. The highest BCUT2D eigenvalue weighted by Crippen LogP contribution is 2.26. The van der Waals surface area contributed by atoms with E-state index in [-0.39, 0.29) is 6.04 Å². The molecule has 0 fully saturated rings. The van der Waals surface area contributed by atoms with Gasteiger partial charge in [-0.3, -0.25) is 0 Å². The Balaban J connectivity index is 3.44. The smallest absolute Gasteiger partial charge is 0.337 e. The molecule has 20 heavy (non-hydrogen) atoms. The molecule has 1 aromatic rings. The number of halogens is 2. The molecule has 0 radical (unpaired) electrons. The van der Waals surface area contributed by atoms with Gasteiger partial charge in [0, 0.05) is 13.1 Å². The monoisotopic (exact) mass is 323 g/mol. The lowest BCUT2D eigenvalue weighted by molar-refractivity contribution is 0.0696. The van der Waals surface area contributed by atoms with E-state index in [1.165, 1.54) is 7.05 Å². The van der Waals surface area contributed by atoms with Crippen molar-refractivity contribution in [3.05, 3.63) is 28.5 Å². The number of carboxylic acid groups (broad SMARTS) is 1. The van der Waals surface area contributed by atoms with Crippen molar-refractivity contribution in [3.8, 4) is 0 Å². The second-order valence-corrected chi connectivity index (χ2v) is 6.73. The van der Waals surface area contributed by atoms with E-state index in [1.807, 2.05) is 6.92 Å². The van der Waals surface area contributed by atoms with Gasteiger partial charge < -0.3 is 5.11 Å². The fourth-order valence-electron chi connectivity index (χ4n) is 1.53. The first-order chi connectivity index (χ1) is 9.12. The minimum atomic E-state index is -3.97. The Morgan fingerprint density at radius 2 is 2.05 bits per heavy atom. The summed E-state index contributed by atoms with van der Waals surface area (Å²) in [4.78, 5) is 10.5. The van der Waals surface area contributed by atoms with E-state index in [1.54, 1.807) is 6.92 Å². The number of rotatable bonds is 5. The molecule has 1 N–H and O–H groups in total. The van der Waals surface area contributed by atoms with E-state index in [4.69, 9.17) is 16.7 Å². The van der Waals surface area contributed by atoms with Crippen LogP contribution in [0.5, 0.6) is 0 Å². The molecule has 0 spiro atoms. The fraction of sp³-hybridized carbons (Fsp3) is 0.417. The summed E-state index contributed by atoms with van der Waals surface area (Å²) in [7, 11) is -2.62. The van der Waals surface area contributed by atoms with Crippen LogP contribution in [0.25, 0.3) is 0 Å². The third-order valence-electron chi connectivity index (χ3n) is 3.12. The molecule has 1 rings (SSSR count). The molecule has 0 amide bonds. The highest BCUT2D eigenvalue weighted by Gasteiger charge is 2.27. The van der Waals surface area contributed by atoms with E-state index in [9.17, 15) is 17.6 Å². The van der Waals surface area contributed by atoms with Gasteiger partial charge in [0.05, 0.1) is 15.5 Å². The molecular formula is C12H15ClFNO4S. The van der Waals surface area contributed by atoms with E-state index in [0.717, 1.165) is 16.4 Å². The average molecular weight is 324 g/mol. The predicted molar refractivity (Wildman–Crippen MR) is 73.1 cm³/mol. The molecular weight excluding hydrogens is 309 g/mol. The summed E-state index contributed by atoms with van der Waals surface area (Å²) in [5.41, 5.74) is -0.581. The zero-order valence-corrected chi connectivity index (χ0v) is 12.8. The predicted octanol–water partition coefficient (Wildman–Crippen LogP) is 2.60. The van der Waals surface area contributed by atoms with E-state index < -0.39 is 37.3 Å². The van der Waals surface area contributed by atoms with Crippen molar-refractivity contribution in [1.29, 1.82) is 0 Å². The summed E-state index contributed by atoms with van der Waals surface area (Å²) < 4.78 is 39.3. The van der Waals surface area contributed by atoms with Gasteiger partial charge in [-0.15, -0.1) is 0 Å². The van der Waals surface area contributed by atoms with Crippen LogP contribution in [0, 0.1) is 5.82 Å².